The first kappa shape index (κ1) is 15.9. The van der Waals surface area contributed by atoms with Gasteiger partial charge in [0.1, 0.15) is 11.5 Å². The van der Waals surface area contributed by atoms with E-state index in [-0.39, 0.29) is 5.41 Å². The number of hydrogen-bond acceptors (Lipinski definition) is 2. The van der Waals surface area contributed by atoms with Crippen molar-refractivity contribution >= 4 is 0 Å². The summed E-state index contributed by atoms with van der Waals surface area (Å²) in [7, 11) is 0. The Kier molecular flexibility index (Phi) is 4.61. The van der Waals surface area contributed by atoms with E-state index in [1.165, 1.54) is 36.8 Å². The Balaban J connectivity index is 1.97. The van der Waals surface area contributed by atoms with Crippen molar-refractivity contribution in [1.82, 2.24) is 0 Å². The molecule has 0 amide bonds. The maximum Gasteiger partial charge on any atom is 0.115 e. The van der Waals surface area contributed by atoms with Crippen LogP contribution in [0.25, 0.3) is 0 Å². The van der Waals surface area contributed by atoms with Crippen LogP contribution < -0.4 is 0 Å². The fourth-order valence-corrected chi connectivity index (χ4v) is 4.17. The van der Waals surface area contributed by atoms with Crippen molar-refractivity contribution in [3.63, 3.8) is 0 Å². The third kappa shape index (κ3) is 3.21. The zero-order chi connectivity index (χ0) is 16.3. The second-order valence-corrected chi connectivity index (χ2v) is 6.91. The van der Waals surface area contributed by atoms with Crippen molar-refractivity contribution in [2.75, 3.05) is 0 Å². The van der Waals surface area contributed by atoms with Crippen LogP contribution in [0.1, 0.15) is 56.6 Å². The van der Waals surface area contributed by atoms with Gasteiger partial charge in [-0.25, -0.2) is 0 Å². The summed E-state index contributed by atoms with van der Waals surface area (Å²) in [4.78, 5) is 0. The van der Waals surface area contributed by atoms with Gasteiger partial charge in [0.25, 0.3) is 0 Å². The van der Waals surface area contributed by atoms with Gasteiger partial charge in [-0.05, 0) is 67.0 Å². The summed E-state index contributed by atoms with van der Waals surface area (Å²) in [5, 5.41) is 19.2. The average Bonchev–Trinajstić information content (AvgIpc) is 2.57. The zero-order valence-electron chi connectivity index (χ0n) is 13.8. The Morgan fingerprint density at radius 2 is 1.26 bits per heavy atom. The van der Waals surface area contributed by atoms with Crippen molar-refractivity contribution in [2.45, 2.75) is 50.9 Å². The number of benzene rings is 2. The molecule has 0 heterocycles. The van der Waals surface area contributed by atoms with Crippen molar-refractivity contribution in [3.8, 4) is 11.5 Å². The monoisotopic (exact) mass is 310 g/mol. The van der Waals surface area contributed by atoms with E-state index in [2.05, 4.69) is 31.2 Å². The molecular formula is C21H26O2. The van der Waals surface area contributed by atoms with E-state index < -0.39 is 0 Å². The highest BCUT2D eigenvalue weighted by molar-refractivity contribution is 5.43. The van der Waals surface area contributed by atoms with Crippen LogP contribution in [0, 0.1) is 5.92 Å². The largest absolute Gasteiger partial charge is 0.508 e. The summed E-state index contributed by atoms with van der Waals surface area (Å²) in [6, 6.07) is 15.4. The van der Waals surface area contributed by atoms with Crippen LogP contribution >= 0.6 is 0 Å². The highest BCUT2D eigenvalue weighted by Gasteiger charge is 2.38. The lowest BCUT2D eigenvalue weighted by molar-refractivity contribution is 0.253. The van der Waals surface area contributed by atoms with Crippen molar-refractivity contribution in [3.05, 3.63) is 59.7 Å². The molecule has 2 aromatic rings. The summed E-state index contributed by atoms with van der Waals surface area (Å²) >= 11 is 0. The topological polar surface area (TPSA) is 40.5 Å². The van der Waals surface area contributed by atoms with Gasteiger partial charge in [-0.15, -0.1) is 0 Å². The number of aromatic hydroxyl groups is 2. The molecule has 2 nitrogen and oxygen atoms in total. The van der Waals surface area contributed by atoms with Crippen LogP contribution in [0.3, 0.4) is 0 Å². The number of hydrogen-bond donors (Lipinski definition) is 2. The first-order chi connectivity index (χ1) is 11.1. The summed E-state index contributed by atoms with van der Waals surface area (Å²) < 4.78 is 0. The molecule has 23 heavy (non-hydrogen) atoms. The first-order valence-corrected chi connectivity index (χ1v) is 8.73. The van der Waals surface area contributed by atoms with Crippen molar-refractivity contribution in [2.24, 2.45) is 5.92 Å². The van der Waals surface area contributed by atoms with E-state index in [1.807, 2.05) is 0 Å². The molecule has 0 aliphatic heterocycles. The van der Waals surface area contributed by atoms with Crippen LogP contribution in [0.2, 0.25) is 0 Å². The molecule has 0 radical (unpaired) electrons. The third-order valence-electron chi connectivity index (χ3n) is 5.50. The average molecular weight is 310 g/mol. The molecular weight excluding hydrogens is 284 g/mol. The molecule has 0 atom stereocenters. The van der Waals surface area contributed by atoms with Gasteiger partial charge in [0, 0.05) is 5.41 Å². The Labute approximate surface area is 138 Å². The molecule has 2 heteroatoms. The second-order valence-electron chi connectivity index (χ2n) is 6.91. The quantitative estimate of drug-likeness (QED) is 0.796. The summed E-state index contributed by atoms with van der Waals surface area (Å²) in [6.07, 6.45) is 7.34. The molecule has 1 fully saturated rings. The molecule has 0 bridgehead atoms. The lowest BCUT2D eigenvalue weighted by Crippen LogP contribution is -2.33. The highest BCUT2D eigenvalue weighted by atomic mass is 16.3. The lowest BCUT2D eigenvalue weighted by atomic mass is 9.62. The van der Waals surface area contributed by atoms with Gasteiger partial charge in [-0.3, -0.25) is 0 Å². The number of rotatable bonds is 4. The predicted molar refractivity (Wildman–Crippen MR) is 93.9 cm³/mol. The number of phenols is 2. The maximum absolute atomic E-state index is 9.62. The van der Waals surface area contributed by atoms with Gasteiger partial charge in [-0.1, -0.05) is 44.0 Å². The van der Waals surface area contributed by atoms with E-state index in [1.54, 1.807) is 24.3 Å². The van der Waals surface area contributed by atoms with Crippen LogP contribution in [0.15, 0.2) is 48.5 Å². The van der Waals surface area contributed by atoms with E-state index in [0.29, 0.717) is 11.5 Å². The van der Waals surface area contributed by atoms with Crippen molar-refractivity contribution < 1.29 is 10.2 Å². The van der Waals surface area contributed by atoms with Gasteiger partial charge in [-0.2, -0.15) is 0 Å². The summed E-state index contributed by atoms with van der Waals surface area (Å²) in [5.41, 5.74) is 2.55. The molecule has 1 saturated carbocycles. The minimum absolute atomic E-state index is 0.00560. The molecule has 2 aromatic carbocycles. The highest BCUT2D eigenvalue weighted by Crippen LogP contribution is 2.47. The van der Waals surface area contributed by atoms with Crippen LogP contribution in [-0.2, 0) is 5.41 Å². The molecule has 0 saturated heterocycles. The third-order valence-corrected chi connectivity index (χ3v) is 5.50. The Bertz CT molecular complexity index is 572. The summed E-state index contributed by atoms with van der Waals surface area (Å²) in [6.45, 7) is 2.27. The van der Waals surface area contributed by atoms with E-state index in [0.717, 1.165) is 18.8 Å². The second kappa shape index (κ2) is 6.66. The van der Waals surface area contributed by atoms with Gasteiger partial charge in [0.2, 0.25) is 0 Å². The maximum atomic E-state index is 9.62. The smallest absolute Gasteiger partial charge is 0.115 e. The van der Waals surface area contributed by atoms with Crippen LogP contribution in [0.5, 0.6) is 11.5 Å². The number of phenolic OH excluding ortho intramolecular Hbond substituents is 2. The summed E-state index contributed by atoms with van der Waals surface area (Å²) in [5.74, 6) is 1.46. The van der Waals surface area contributed by atoms with Crippen LogP contribution in [0.4, 0.5) is 0 Å². The van der Waals surface area contributed by atoms with E-state index in [4.69, 9.17) is 0 Å². The molecule has 0 aromatic heterocycles. The minimum atomic E-state index is 0.00560. The van der Waals surface area contributed by atoms with Crippen LogP contribution in [-0.4, -0.2) is 10.2 Å². The van der Waals surface area contributed by atoms with Gasteiger partial charge < -0.3 is 10.2 Å². The van der Waals surface area contributed by atoms with E-state index in [9.17, 15) is 10.2 Å². The Hall–Kier alpha value is -1.96. The zero-order valence-corrected chi connectivity index (χ0v) is 13.8. The molecule has 122 valence electrons. The van der Waals surface area contributed by atoms with Crippen molar-refractivity contribution in [1.29, 1.82) is 0 Å². The SMILES string of the molecule is CCCC1CCC(c2ccc(O)cc2)(c2ccc(O)cc2)CC1. The Morgan fingerprint density at radius 1 is 0.826 bits per heavy atom. The van der Waals surface area contributed by atoms with Gasteiger partial charge >= 0.3 is 0 Å². The van der Waals surface area contributed by atoms with Gasteiger partial charge in [0.05, 0.1) is 0 Å². The first-order valence-electron chi connectivity index (χ1n) is 8.73. The molecule has 1 aliphatic carbocycles. The lowest BCUT2D eigenvalue weighted by Gasteiger charge is -2.41. The normalized spacial score (nSPS) is 18.0. The molecule has 1 aliphatic rings. The van der Waals surface area contributed by atoms with E-state index >= 15 is 0 Å². The molecule has 0 spiro atoms. The fraction of sp³-hybridized carbons (Fsp3) is 0.429. The standard InChI is InChI=1S/C21H26O2/c1-2-3-16-12-14-21(15-13-16,17-4-8-19(22)9-5-17)18-6-10-20(23)11-7-18/h4-11,16,22-23H,2-3,12-15H2,1H3. The molecule has 0 unspecified atom stereocenters. The van der Waals surface area contributed by atoms with Gasteiger partial charge in [0.15, 0.2) is 0 Å². The predicted octanol–water partition coefficient (Wildman–Crippen LogP) is 5.37. The Morgan fingerprint density at radius 3 is 1.65 bits per heavy atom. The molecule has 3 rings (SSSR count). The minimum Gasteiger partial charge on any atom is -0.508 e. The fourth-order valence-electron chi connectivity index (χ4n) is 4.17. The molecule has 2 N–H and O–H groups in total.